The summed E-state index contributed by atoms with van der Waals surface area (Å²) in [6, 6.07) is 8.02. The molecule has 5 heteroatoms. The van der Waals surface area contributed by atoms with Crippen molar-refractivity contribution in [2.24, 2.45) is 0 Å². The number of para-hydroxylation sites is 1. The Morgan fingerprint density at radius 1 is 1.25 bits per heavy atom. The molecule has 3 rings (SSSR count). The Labute approximate surface area is 149 Å². The summed E-state index contributed by atoms with van der Waals surface area (Å²) >= 11 is 5.56. The van der Waals surface area contributed by atoms with E-state index in [0.717, 1.165) is 24.2 Å². The molecule has 0 unspecified atom stereocenters. The van der Waals surface area contributed by atoms with Gasteiger partial charge in [-0.15, -0.1) is 0 Å². The lowest BCUT2D eigenvalue weighted by Crippen LogP contribution is -2.41. The Kier molecular flexibility index (Phi) is 5.19. The van der Waals surface area contributed by atoms with Crippen LogP contribution in [0.4, 0.5) is 0 Å². The minimum atomic E-state index is 0.0145. The zero-order chi connectivity index (χ0) is 17.1. The van der Waals surface area contributed by atoms with Gasteiger partial charge in [0.15, 0.2) is 5.11 Å². The lowest BCUT2D eigenvalue weighted by molar-refractivity contribution is -0.124. The van der Waals surface area contributed by atoms with Crippen LogP contribution in [0.25, 0.3) is 6.08 Å². The van der Waals surface area contributed by atoms with Crippen molar-refractivity contribution < 1.29 is 9.53 Å². The highest BCUT2D eigenvalue weighted by molar-refractivity contribution is 7.80. The third-order valence-electron chi connectivity index (χ3n) is 4.74. The maximum absolute atomic E-state index is 13.0. The molecule has 0 radical (unpaired) electrons. The first-order valence-electron chi connectivity index (χ1n) is 8.68. The predicted octanol–water partition coefficient (Wildman–Crippen LogP) is 3.82. The van der Waals surface area contributed by atoms with Crippen molar-refractivity contribution in [3.63, 3.8) is 0 Å². The molecule has 0 N–H and O–H groups in total. The van der Waals surface area contributed by atoms with Crippen LogP contribution in [0.5, 0.6) is 5.75 Å². The first kappa shape index (κ1) is 17.0. The Morgan fingerprint density at radius 3 is 2.67 bits per heavy atom. The summed E-state index contributed by atoms with van der Waals surface area (Å²) in [4.78, 5) is 16.6. The summed E-state index contributed by atoms with van der Waals surface area (Å²) in [6.45, 7) is 2.55. The third kappa shape index (κ3) is 3.18. The van der Waals surface area contributed by atoms with Crippen molar-refractivity contribution in [2.75, 3.05) is 13.7 Å². The number of carbonyl (C=O) groups is 1. The number of hydrogen-bond donors (Lipinski definition) is 0. The van der Waals surface area contributed by atoms with Crippen LogP contribution in [-0.4, -0.2) is 40.5 Å². The van der Waals surface area contributed by atoms with Gasteiger partial charge in [0, 0.05) is 18.7 Å². The summed E-state index contributed by atoms with van der Waals surface area (Å²) in [5.74, 6) is 0.802. The molecule has 128 valence electrons. The van der Waals surface area contributed by atoms with Gasteiger partial charge in [0.25, 0.3) is 5.91 Å². The van der Waals surface area contributed by atoms with Gasteiger partial charge < -0.3 is 9.64 Å². The fraction of sp³-hybridized carbons (Fsp3) is 0.474. The minimum Gasteiger partial charge on any atom is -0.493 e. The van der Waals surface area contributed by atoms with Crippen molar-refractivity contribution in [3.05, 3.63) is 35.5 Å². The van der Waals surface area contributed by atoms with Gasteiger partial charge in [-0.1, -0.05) is 37.5 Å². The Bertz CT molecular complexity index is 665. The molecular formula is C19H24N2O2S. The predicted molar refractivity (Wildman–Crippen MR) is 99.7 cm³/mol. The standard InChI is InChI=1S/C19H24N2O2S/c1-3-23-17-12-8-7-9-14(17)13-16-18(22)21(19(24)20(16)2)15-10-5-4-6-11-15/h7-9,12-13,15H,3-6,10-11H2,1-2H3/b16-13-. The van der Waals surface area contributed by atoms with Crippen LogP contribution in [0.15, 0.2) is 30.0 Å². The number of hydrogen-bond acceptors (Lipinski definition) is 3. The van der Waals surface area contributed by atoms with E-state index in [4.69, 9.17) is 17.0 Å². The molecule has 1 amide bonds. The van der Waals surface area contributed by atoms with Gasteiger partial charge in [0.05, 0.1) is 6.61 Å². The van der Waals surface area contributed by atoms with Crippen molar-refractivity contribution >= 4 is 29.3 Å². The smallest absolute Gasteiger partial charge is 0.277 e. The number of likely N-dealkylation sites (N-methyl/N-ethyl adjacent to an activating group) is 1. The van der Waals surface area contributed by atoms with Gasteiger partial charge in [0.1, 0.15) is 11.4 Å². The second-order valence-electron chi connectivity index (χ2n) is 6.31. The Balaban J connectivity index is 1.91. The fourth-order valence-electron chi connectivity index (χ4n) is 3.47. The maximum atomic E-state index is 13.0. The average Bonchev–Trinajstić information content (AvgIpc) is 2.81. The molecule has 1 aliphatic heterocycles. The topological polar surface area (TPSA) is 32.8 Å². The Morgan fingerprint density at radius 2 is 1.96 bits per heavy atom. The van der Waals surface area contributed by atoms with Crippen LogP contribution in [-0.2, 0) is 4.79 Å². The molecule has 2 fully saturated rings. The van der Waals surface area contributed by atoms with Crippen LogP contribution in [0.1, 0.15) is 44.6 Å². The van der Waals surface area contributed by atoms with Gasteiger partial charge in [-0.3, -0.25) is 9.69 Å². The first-order valence-corrected chi connectivity index (χ1v) is 9.09. The van der Waals surface area contributed by atoms with E-state index in [2.05, 4.69) is 0 Å². The van der Waals surface area contributed by atoms with Crippen LogP contribution in [0.3, 0.4) is 0 Å². The number of nitrogens with zero attached hydrogens (tertiary/aromatic N) is 2. The number of thiocarbonyl (C=S) groups is 1. The van der Waals surface area contributed by atoms with Gasteiger partial charge in [-0.2, -0.15) is 0 Å². The van der Waals surface area contributed by atoms with Gasteiger partial charge in [0.2, 0.25) is 0 Å². The van der Waals surface area contributed by atoms with Crippen LogP contribution < -0.4 is 4.74 Å². The average molecular weight is 344 g/mol. The molecule has 1 aliphatic carbocycles. The second-order valence-corrected chi connectivity index (χ2v) is 6.67. The Hall–Kier alpha value is -1.88. The largest absolute Gasteiger partial charge is 0.493 e. The molecule has 1 aromatic rings. The molecule has 24 heavy (non-hydrogen) atoms. The lowest BCUT2D eigenvalue weighted by Gasteiger charge is -2.30. The normalized spacial score (nSPS) is 21.0. The molecule has 1 saturated heterocycles. The summed E-state index contributed by atoms with van der Waals surface area (Å²) < 4.78 is 5.67. The van der Waals surface area contributed by atoms with Gasteiger partial charge in [-0.05, 0) is 44.1 Å². The molecular weight excluding hydrogens is 320 g/mol. The zero-order valence-corrected chi connectivity index (χ0v) is 15.1. The van der Waals surface area contributed by atoms with E-state index < -0.39 is 0 Å². The van der Waals surface area contributed by atoms with E-state index in [1.165, 1.54) is 19.3 Å². The number of benzene rings is 1. The quantitative estimate of drug-likeness (QED) is 0.614. The number of carbonyl (C=O) groups excluding carboxylic acids is 1. The first-order chi connectivity index (χ1) is 11.6. The molecule has 4 nitrogen and oxygen atoms in total. The molecule has 0 spiro atoms. The van der Waals surface area contributed by atoms with Gasteiger partial charge >= 0.3 is 0 Å². The maximum Gasteiger partial charge on any atom is 0.277 e. The monoisotopic (exact) mass is 344 g/mol. The van der Waals surface area contributed by atoms with Crippen molar-refractivity contribution in [1.29, 1.82) is 0 Å². The third-order valence-corrected chi connectivity index (χ3v) is 5.21. The van der Waals surface area contributed by atoms with Gasteiger partial charge in [-0.25, -0.2) is 0 Å². The SMILES string of the molecule is CCOc1ccccc1/C=C1/C(=O)N(C2CCCCC2)C(=S)N1C. The summed E-state index contributed by atoms with van der Waals surface area (Å²) in [5.41, 5.74) is 1.53. The van der Waals surface area contributed by atoms with E-state index in [1.807, 2.05) is 54.1 Å². The highest BCUT2D eigenvalue weighted by Gasteiger charge is 2.40. The van der Waals surface area contributed by atoms with E-state index in [0.29, 0.717) is 17.4 Å². The molecule has 1 saturated carbocycles. The summed E-state index contributed by atoms with van der Waals surface area (Å²) in [7, 11) is 1.87. The number of rotatable bonds is 4. The molecule has 1 aromatic carbocycles. The van der Waals surface area contributed by atoms with E-state index in [-0.39, 0.29) is 11.9 Å². The highest BCUT2D eigenvalue weighted by atomic mass is 32.1. The molecule has 2 aliphatic rings. The van der Waals surface area contributed by atoms with Crippen molar-refractivity contribution in [3.8, 4) is 5.75 Å². The highest BCUT2D eigenvalue weighted by Crippen LogP contribution is 2.31. The van der Waals surface area contributed by atoms with E-state index in [9.17, 15) is 4.79 Å². The molecule has 1 heterocycles. The molecule has 0 bridgehead atoms. The zero-order valence-electron chi connectivity index (χ0n) is 14.3. The minimum absolute atomic E-state index is 0.0145. The summed E-state index contributed by atoms with van der Waals surface area (Å²) in [6.07, 6.45) is 7.58. The van der Waals surface area contributed by atoms with E-state index >= 15 is 0 Å². The molecule has 0 atom stereocenters. The van der Waals surface area contributed by atoms with Crippen molar-refractivity contribution in [2.45, 2.75) is 45.1 Å². The fourth-order valence-corrected chi connectivity index (χ4v) is 3.80. The number of amides is 1. The summed E-state index contributed by atoms with van der Waals surface area (Å²) in [5, 5.41) is 0.618. The van der Waals surface area contributed by atoms with Crippen LogP contribution in [0, 0.1) is 0 Å². The van der Waals surface area contributed by atoms with E-state index in [1.54, 1.807) is 0 Å². The van der Waals surface area contributed by atoms with Crippen LogP contribution in [0.2, 0.25) is 0 Å². The van der Waals surface area contributed by atoms with Crippen LogP contribution >= 0.6 is 12.2 Å². The molecule has 0 aromatic heterocycles. The lowest BCUT2D eigenvalue weighted by atomic mass is 9.94. The number of ether oxygens (including phenoxy) is 1. The second kappa shape index (κ2) is 7.34. The van der Waals surface area contributed by atoms with Crippen molar-refractivity contribution in [1.82, 2.24) is 9.80 Å².